The second-order valence-corrected chi connectivity index (χ2v) is 3.54. The predicted molar refractivity (Wildman–Crippen MR) is 64.1 cm³/mol. The normalized spacial score (nSPS) is 9.22. The molecule has 0 aliphatic heterocycles. The highest BCUT2D eigenvalue weighted by molar-refractivity contribution is 6.27. The summed E-state index contributed by atoms with van der Waals surface area (Å²) in [4.78, 5) is 18.2. The Balaban J connectivity index is 0. The van der Waals surface area contributed by atoms with Crippen LogP contribution in [0.5, 0.6) is 0 Å². The molecule has 0 aromatic carbocycles. The lowest BCUT2D eigenvalue weighted by atomic mass is 10.4. The van der Waals surface area contributed by atoms with Crippen molar-refractivity contribution in [1.29, 1.82) is 5.26 Å². The largest absolute Gasteiger partial charge is 0.473 e. The van der Waals surface area contributed by atoms with Gasteiger partial charge in [-0.3, -0.25) is 0 Å². The van der Waals surface area contributed by atoms with Crippen LogP contribution in [0.25, 0.3) is 0 Å². The molecular weight excluding hydrogens is 240 g/mol. The minimum Gasteiger partial charge on any atom is -0.473 e. The number of nitrogens with zero attached hydrogens (tertiary/aromatic N) is 1. The summed E-state index contributed by atoms with van der Waals surface area (Å²) in [6, 6.07) is 2.08. The number of rotatable bonds is 7. The van der Waals surface area contributed by atoms with Crippen molar-refractivity contribution in [3.05, 3.63) is 0 Å². The number of aliphatic carboxylic acids is 2. The number of hydrogen-bond acceptors (Lipinski definition) is 5. The number of nitrogens with one attached hydrogen (secondary N) is 1. The summed E-state index contributed by atoms with van der Waals surface area (Å²) in [6.07, 6.45) is 1.93. The lowest BCUT2D eigenvalue weighted by molar-refractivity contribution is -0.159. The molecule has 104 valence electrons. The van der Waals surface area contributed by atoms with Gasteiger partial charge in [-0.2, -0.15) is 5.26 Å². The number of carboxylic acids is 2. The zero-order valence-corrected chi connectivity index (χ0v) is 10.7. The van der Waals surface area contributed by atoms with Crippen molar-refractivity contribution < 1.29 is 24.5 Å². The Bertz CT molecular complexity index is 261. The van der Waals surface area contributed by atoms with E-state index in [4.69, 9.17) is 29.8 Å². The molecule has 7 nitrogen and oxygen atoms in total. The van der Waals surface area contributed by atoms with Crippen LogP contribution in [0.3, 0.4) is 0 Å². The molecule has 0 spiro atoms. The Kier molecular flexibility index (Phi) is 13.9. The van der Waals surface area contributed by atoms with Gasteiger partial charge in [0.2, 0.25) is 0 Å². The van der Waals surface area contributed by atoms with Crippen molar-refractivity contribution in [2.75, 3.05) is 19.7 Å². The van der Waals surface area contributed by atoms with E-state index in [1.165, 1.54) is 0 Å². The van der Waals surface area contributed by atoms with Gasteiger partial charge in [0.25, 0.3) is 0 Å². The monoisotopic (exact) mass is 260 g/mol. The molecule has 0 aliphatic rings. The average Bonchev–Trinajstić information content (AvgIpc) is 2.28. The quantitative estimate of drug-likeness (QED) is 0.449. The van der Waals surface area contributed by atoms with E-state index in [1.807, 2.05) is 13.8 Å². The minimum absolute atomic E-state index is 0.323. The smallest absolute Gasteiger partial charge is 0.414 e. The van der Waals surface area contributed by atoms with Gasteiger partial charge in [0.05, 0.1) is 12.2 Å². The van der Waals surface area contributed by atoms with Gasteiger partial charge in [0, 0.05) is 19.6 Å². The van der Waals surface area contributed by atoms with Crippen LogP contribution >= 0.6 is 0 Å². The van der Waals surface area contributed by atoms with Crippen LogP contribution in [0.15, 0.2) is 0 Å². The van der Waals surface area contributed by atoms with E-state index in [2.05, 4.69) is 11.4 Å². The standard InChI is InChI=1S/C9H18N2O.C2H2O4/c1-9(2)12-8-4-7-11-6-3-5-10;3-1(4)2(5)6/h9,11H,3-4,6-8H2,1-2H3;(H,3,4)(H,5,6). The van der Waals surface area contributed by atoms with Crippen LogP contribution in [0.2, 0.25) is 0 Å². The molecule has 0 saturated carbocycles. The van der Waals surface area contributed by atoms with Crippen molar-refractivity contribution in [2.24, 2.45) is 0 Å². The Morgan fingerprint density at radius 1 is 1.28 bits per heavy atom. The van der Waals surface area contributed by atoms with Crippen LogP contribution < -0.4 is 5.32 Å². The fraction of sp³-hybridized carbons (Fsp3) is 0.727. The number of carboxylic acid groups (broad SMARTS) is 2. The van der Waals surface area contributed by atoms with E-state index in [9.17, 15) is 0 Å². The molecule has 0 aromatic heterocycles. The molecular formula is C11H20N2O5. The van der Waals surface area contributed by atoms with E-state index in [0.717, 1.165) is 26.1 Å². The SMILES string of the molecule is CC(C)OCCCNCCC#N.O=C(O)C(=O)O. The second-order valence-electron chi connectivity index (χ2n) is 3.54. The summed E-state index contributed by atoms with van der Waals surface area (Å²) < 4.78 is 5.34. The molecule has 0 saturated heterocycles. The van der Waals surface area contributed by atoms with Crippen molar-refractivity contribution in [3.63, 3.8) is 0 Å². The van der Waals surface area contributed by atoms with Crippen molar-refractivity contribution in [2.45, 2.75) is 32.8 Å². The first-order valence-corrected chi connectivity index (χ1v) is 5.57. The van der Waals surface area contributed by atoms with Crippen LogP contribution in [0, 0.1) is 11.3 Å². The minimum atomic E-state index is -1.82. The van der Waals surface area contributed by atoms with E-state index in [1.54, 1.807) is 0 Å². The summed E-state index contributed by atoms with van der Waals surface area (Å²) in [7, 11) is 0. The zero-order valence-electron chi connectivity index (χ0n) is 10.7. The molecule has 0 bridgehead atoms. The molecule has 0 atom stereocenters. The molecule has 0 unspecified atom stereocenters. The first kappa shape index (κ1) is 18.7. The van der Waals surface area contributed by atoms with Crippen molar-refractivity contribution in [1.82, 2.24) is 5.32 Å². The Morgan fingerprint density at radius 2 is 1.83 bits per heavy atom. The summed E-state index contributed by atoms with van der Waals surface area (Å²) >= 11 is 0. The van der Waals surface area contributed by atoms with Gasteiger partial charge in [-0.15, -0.1) is 0 Å². The molecule has 0 rings (SSSR count). The van der Waals surface area contributed by atoms with Gasteiger partial charge >= 0.3 is 11.9 Å². The third-order valence-corrected chi connectivity index (χ3v) is 1.55. The third kappa shape index (κ3) is 19.9. The van der Waals surface area contributed by atoms with E-state index in [-0.39, 0.29) is 0 Å². The Labute approximate surface area is 106 Å². The average molecular weight is 260 g/mol. The number of carbonyl (C=O) groups is 2. The van der Waals surface area contributed by atoms with Crippen molar-refractivity contribution >= 4 is 11.9 Å². The van der Waals surface area contributed by atoms with Gasteiger partial charge < -0.3 is 20.3 Å². The molecule has 7 heteroatoms. The molecule has 0 aromatic rings. The van der Waals surface area contributed by atoms with Gasteiger partial charge in [0.1, 0.15) is 0 Å². The number of hydrogen-bond donors (Lipinski definition) is 3. The second kappa shape index (κ2) is 13.4. The highest BCUT2D eigenvalue weighted by atomic mass is 16.5. The summed E-state index contributed by atoms with van der Waals surface area (Å²) in [5.74, 6) is -3.65. The first-order valence-electron chi connectivity index (χ1n) is 5.57. The Hall–Kier alpha value is -1.65. The summed E-state index contributed by atoms with van der Waals surface area (Å²) in [5, 5.41) is 26.2. The first-order chi connectivity index (χ1) is 8.41. The van der Waals surface area contributed by atoms with Gasteiger partial charge in [-0.25, -0.2) is 9.59 Å². The van der Waals surface area contributed by atoms with Crippen LogP contribution in [-0.4, -0.2) is 48.0 Å². The molecule has 0 heterocycles. The van der Waals surface area contributed by atoms with Crippen LogP contribution in [0.1, 0.15) is 26.7 Å². The maximum absolute atomic E-state index is 9.10. The van der Waals surface area contributed by atoms with E-state index >= 15 is 0 Å². The predicted octanol–water partition coefficient (Wildman–Crippen LogP) is 0.460. The topological polar surface area (TPSA) is 120 Å². The molecule has 0 amide bonds. The maximum atomic E-state index is 9.10. The summed E-state index contributed by atoms with van der Waals surface area (Å²) in [5.41, 5.74) is 0. The molecule has 3 N–H and O–H groups in total. The van der Waals surface area contributed by atoms with Gasteiger partial charge in [0.15, 0.2) is 0 Å². The van der Waals surface area contributed by atoms with Gasteiger partial charge in [-0.1, -0.05) is 0 Å². The van der Waals surface area contributed by atoms with Crippen molar-refractivity contribution in [3.8, 4) is 6.07 Å². The zero-order chi connectivity index (χ0) is 14.4. The Morgan fingerprint density at radius 3 is 2.22 bits per heavy atom. The van der Waals surface area contributed by atoms with Gasteiger partial charge in [-0.05, 0) is 26.8 Å². The fourth-order valence-corrected chi connectivity index (χ4v) is 0.785. The molecule has 0 radical (unpaired) electrons. The lowest BCUT2D eigenvalue weighted by Crippen LogP contribution is -2.18. The number of nitriles is 1. The third-order valence-electron chi connectivity index (χ3n) is 1.55. The highest BCUT2D eigenvalue weighted by Gasteiger charge is 2.04. The molecule has 18 heavy (non-hydrogen) atoms. The highest BCUT2D eigenvalue weighted by Crippen LogP contribution is 1.88. The fourth-order valence-electron chi connectivity index (χ4n) is 0.785. The molecule has 0 aliphatic carbocycles. The maximum Gasteiger partial charge on any atom is 0.414 e. The molecule has 0 fully saturated rings. The lowest BCUT2D eigenvalue weighted by Gasteiger charge is -2.06. The van der Waals surface area contributed by atoms with E-state index in [0.29, 0.717) is 12.5 Å². The van der Waals surface area contributed by atoms with Crippen LogP contribution in [-0.2, 0) is 14.3 Å². The summed E-state index contributed by atoms with van der Waals surface area (Å²) in [6.45, 7) is 6.59. The van der Waals surface area contributed by atoms with E-state index < -0.39 is 11.9 Å². The number of ether oxygens (including phenoxy) is 1. The van der Waals surface area contributed by atoms with Crippen LogP contribution in [0.4, 0.5) is 0 Å².